The summed E-state index contributed by atoms with van der Waals surface area (Å²) < 4.78 is 13.2. The second-order valence-electron chi connectivity index (χ2n) is 5.72. The van der Waals surface area contributed by atoms with Crippen molar-refractivity contribution in [3.05, 3.63) is 73.0 Å². The summed E-state index contributed by atoms with van der Waals surface area (Å²) in [5.41, 5.74) is 1.76. The molecule has 7 nitrogen and oxygen atoms in total. The topological polar surface area (TPSA) is 78.0 Å². The molecule has 0 aliphatic carbocycles. The summed E-state index contributed by atoms with van der Waals surface area (Å²) in [4.78, 5) is 4.26. The third kappa shape index (κ3) is 3.56. The predicted molar refractivity (Wildman–Crippen MR) is 96.8 cm³/mol. The van der Waals surface area contributed by atoms with E-state index in [4.69, 9.17) is 9.15 Å². The van der Waals surface area contributed by atoms with E-state index in [1.807, 2.05) is 54.1 Å². The number of hydrogen-bond donors (Lipinski definition) is 1. The number of nitrogens with zero attached hydrogens (tertiary/aromatic N) is 4. The quantitative estimate of drug-likeness (QED) is 0.570. The average molecular weight is 347 g/mol. The maximum absolute atomic E-state index is 5.70. The van der Waals surface area contributed by atoms with Crippen LogP contribution in [0.25, 0.3) is 11.4 Å². The molecule has 0 aliphatic rings. The number of para-hydroxylation sites is 1. The molecule has 0 saturated carbocycles. The van der Waals surface area contributed by atoms with Gasteiger partial charge in [0.2, 0.25) is 0 Å². The minimum Gasteiger partial charge on any atom is -0.429 e. The van der Waals surface area contributed by atoms with Gasteiger partial charge in [-0.15, -0.1) is 10.2 Å². The number of hydrogen-bond acceptors (Lipinski definition) is 6. The second-order valence-corrected chi connectivity index (χ2v) is 5.72. The molecular formula is C19H17N5O2. The number of aromatic nitrogens is 4. The van der Waals surface area contributed by atoms with Crippen molar-refractivity contribution in [1.82, 2.24) is 19.7 Å². The average Bonchev–Trinajstić information content (AvgIpc) is 3.30. The van der Waals surface area contributed by atoms with Gasteiger partial charge in [-0.3, -0.25) is 4.98 Å². The Kier molecular flexibility index (Phi) is 4.34. The minimum atomic E-state index is 0.457. The molecule has 0 amide bonds. The van der Waals surface area contributed by atoms with Crippen molar-refractivity contribution in [2.24, 2.45) is 7.05 Å². The summed E-state index contributed by atoms with van der Waals surface area (Å²) in [6.45, 7) is 0.516. The zero-order valence-corrected chi connectivity index (χ0v) is 14.2. The molecule has 0 spiro atoms. The first-order valence-corrected chi connectivity index (χ1v) is 8.13. The molecule has 4 rings (SSSR count). The maximum Gasteiger partial charge on any atom is 0.290 e. The molecule has 3 aromatic heterocycles. The van der Waals surface area contributed by atoms with Gasteiger partial charge in [-0.1, -0.05) is 18.2 Å². The van der Waals surface area contributed by atoms with Crippen LogP contribution in [-0.2, 0) is 13.6 Å². The van der Waals surface area contributed by atoms with Gasteiger partial charge in [0.15, 0.2) is 5.82 Å². The lowest BCUT2D eigenvalue weighted by molar-refractivity contribution is 0.334. The molecule has 0 aliphatic heterocycles. The van der Waals surface area contributed by atoms with E-state index in [2.05, 4.69) is 20.5 Å². The summed E-state index contributed by atoms with van der Waals surface area (Å²) in [5.74, 6) is 2.72. The van der Waals surface area contributed by atoms with Crippen molar-refractivity contribution in [2.45, 2.75) is 6.54 Å². The van der Waals surface area contributed by atoms with Crippen molar-refractivity contribution in [1.29, 1.82) is 0 Å². The lowest BCUT2D eigenvalue weighted by atomic mass is 10.2. The number of nitrogens with one attached hydrogen (secondary N) is 1. The first kappa shape index (κ1) is 15.9. The van der Waals surface area contributed by atoms with E-state index in [0.29, 0.717) is 12.5 Å². The van der Waals surface area contributed by atoms with Crippen LogP contribution in [0.3, 0.4) is 0 Å². The van der Waals surface area contributed by atoms with Crippen molar-refractivity contribution >= 4 is 5.69 Å². The molecule has 0 unspecified atom stereocenters. The van der Waals surface area contributed by atoms with E-state index < -0.39 is 0 Å². The highest BCUT2D eigenvalue weighted by atomic mass is 16.6. The first-order chi connectivity index (χ1) is 12.8. The Labute approximate surface area is 150 Å². The molecule has 0 radical (unpaired) electrons. The van der Waals surface area contributed by atoms with Crippen LogP contribution in [0.1, 0.15) is 5.76 Å². The predicted octanol–water partition coefficient (Wildman–Crippen LogP) is 3.87. The number of aryl methyl sites for hydroxylation is 1. The number of anilines is 1. The smallest absolute Gasteiger partial charge is 0.290 e. The van der Waals surface area contributed by atoms with E-state index in [9.17, 15) is 0 Å². The monoisotopic (exact) mass is 347 g/mol. The third-order valence-corrected chi connectivity index (χ3v) is 3.77. The Morgan fingerprint density at radius 2 is 2.00 bits per heavy atom. The molecule has 130 valence electrons. The molecule has 3 heterocycles. The zero-order chi connectivity index (χ0) is 17.8. The Balaban J connectivity index is 1.41. The molecule has 0 fully saturated rings. The Morgan fingerprint density at radius 1 is 1.12 bits per heavy atom. The van der Waals surface area contributed by atoms with Crippen LogP contribution < -0.4 is 10.1 Å². The van der Waals surface area contributed by atoms with E-state index >= 15 is 0 Å². The van der Waals surface area contributed by atoms with Gasteiger partial charge in [0.05, 0.1) is 12.2 Å². The van der Waals surface area contributed by atoms with E-state index in [0.717, 1.165) is 28.6 Å². The minimum absolute atomic E-state index is 0.457. The summed E-state index contributed by atoms with van der Waals surface area (Å²) >= 11 is 0. The van der Waals surface area contributed by atoms with Crippen LogP contribution in [0.15, 0.2) is 71.7 Å². The van der Waals surface area contributed by atoms with Gasteiger partial charge in [-0.25, -0.2) is 0 Å². The molecular weight excluding hydrogens is 330 g/mol. The zero-order valence-electron chi connectivity index (χ0n) is 14.2. The van der Waals surface area contributed by atoms with Crippen LogP contribution in [0.4, 0.5) is 5.69 Å². The van der Waals surface area contributed by atoms with Gasteiger partial charge < -0.3 is 19.0 Å². The van der Waals surface area contributed by atoms with Crippen molar-refractivity contribution in [3.8, 4) is 23.1 Å². The van der Waals surface area contributed by atoms with Crippen LogP contribution in [-0.4, -0.2) is 19.7 Å². The second kappa shape index (κ2) is 7.10. The van der Waals surface area contributed by atoms with Crippen molar-refractivity contribution in [3.63, 3.8) is 0 Å². The number of pyridine rings is 1. The fraction of sp³-hybridized carbons (Fsp3) is 0.105. The fourth-order valence-corrected chi connectivity index (χ4v) is 2.51. The summed E-state index contributed by atoms with van der Waals surface area (Å²) in [6, 6.07) is 15.2. The Hall–Kier alpha value is -3.61. The van der Waals surface area contributed by atoms with Gasteiger partial charge >= 0.3 is 0 Å². The van der Waals surface area contributed by atoms with E-state index in [1.54, 1.807) is 24.8 Å². The van der Waals surface area contributed by atoms with Crippen LogP contribution in [0, 0.1) is 0 Å². The molecule has 1 N–H and O–H groups in total. The maximum atomic E-state index is 5.70. The largest absolute Gasteiger partial charge is 0.429 e. The lowest BCUT2D eigenvalue weighted by Crippen LogP contribution is -2.00. The van der Waals surface area contributed by atoms with Crippen LogP contribution >= 0.6 is 0 Å². The number of rotatable bonds is 6. The number of benzene rings is 1. The number of ether oxygens (including phenoxy) is 1. The highest BCUT2D eigenvalue weighted by Gasteiger charge is 2.07. The van der Waals surface area contributed by atoms with Gasteiger partial charge in [0.25, 0.3) is 5.95 Å². The fourth-order valence-electron chi connectivity index (χ4n) is 2.51. The summed E-state index contributed by atoms with van der Waals surface area (Å²) in [5, 5.41) is 11.3. The summed E-state index contributed by atoms with van der Waals surface area (Å²) in [7, 11) is 1.90. The van der Waals surface area contributed by atoms with Gasteiger partial charge in [0, 0.05) is 31.1 Å². The van der Waals surface area contributed by atoms with E-state index in [-0.39, 0.29) is 0 Å². The molecule has 0 saturated heterocycles. The summed E-state index contributed by atoms with van der Waals surface area (Å²) in [6.07, 6.45) is 5.17. The van der Waals surface area contributed by atoms with Gasteiger partial charge in [-0.05, 0) is 24.3 Å². The molecule has 1 aromatic carbocycles. The molecule has 7 heteroatoms. The van der Waals surface area contributed by atoms with Gasteiger partial charge in [0.1, 0.15) is 17.8 Å². The van der Waals surface area contributed by atoms with Crippen LogP contribution in [0.2, 0.25) is 0 Å². The number of furan rings is 1. The third-order valence-electron chi connectivity index (χ3n) is 3.77. The highest BCUT2D eigenvalue weighted by molar-refractivity contribution is 5.60. The first-order valence-electron chi connectivity index (χ1n) is 8.13. The molecule has 0 atom stereocenters. The molecule has 4 aromatic rings. The Morgan fingerprint density at radius 3 is 2.81 bits per heavy atom. The van der Waals surface area contributed by atoms with Crippen molar-refractivity contribution < 1.29 is 9.15 Å². The molecule has 26 heavy (non-hydrogen) atoms. The normalized spacial score (nSPS) is 10.7. The van der Waals surface area contributed by atoms with Crippen LogP contribution in [0.5, 0.6) is 11.7 Å². The lowest BCUT2D eigenvalue weighted by Gasteiger charge is -2.06. The Bertz CT molecular complexity index is 994. The van der Waals surface area contributed by atoms with Crippen molar-refractivity contribution in [2.75, 3.05) is 5.32 Å². The van der Waals surface area contributed by atoms with Gasteiger partial charge in [-0.2, -0.15) is 0 Å². The SMILES string of the molecule is Cn1cnnc1-c1cncc(NCc2ccc(Oc3ccccc3)o2)c1. The van der Waals surface area contributed by atoms with E-state index in [1.165, 1.54) is 0 Å². The highest BCUT2D eigenvalue weighted by Crippen LogP contribution is 2.24. The standard InChI is InChI=1S/C19H17N5O2/c1-24-13-22-23-19(24)14-9-15(11-20-10-14)21-12-17-7-8-18(26-17)25-16-5-3-2-4-6-16/h2-11,13,21H,12H2,1H3. The molecule has 0 bridgehead atoms.